The van der Waals surface area contributed by atoms with Crippen LogP contribution >= 0.6 is 11.6 Å². The summed E-state index contributed by atoms with van der Waals surface area (Å²) in [5, 5.41) is 9.74. The van der Waals surface area contributed by atoms with E-state index in [1.165, 1.54) is 0 Å². The first-order valence-electron chi connectivity index (χ1n) is 6.10. The molecule has 0 bridgehead atoms. The van der Waals surface area contributed by atoms with Gasteiger partial charge in [0.2, 0.25) is 0 Å². The molecule has 2 aromatic rings. The fourth-order valence-corrected chi connectivity index (χ4v) is 2.22. The lowest BCUT2D eigenvalue weighted by Crippen LogP contribution is -2.08. The maximum atomic E-state index is 11.1. The number of hydrogen-bond donors (Lipinski definition) is 1. The number of halogens is 1. The van der Waals surface area contributed by atoms with Gasteiger partial charge in [0.1, 0.15) is 0 Å². The Labute approximate surface area is 117 Å². The Kier molecular flexibility index (Phi) is 4.23. The van der Waals surface area contributed by atoms with E-state index < -0.39 is 5.97 Å². The summed E-state index contributed by atoms with van der Waals surface area (Å²) in [4.78, 5) is 11.1. The molecule has 0 aliphatic carbocycles. The van der Waals surface area contributed by atoms with E-state index in [9.17, 15) is 4.79 Å². The van der Waals surface area contributed by atoms with Crippen LogP contribution in [0.1, 0.15) is 29.0 Å². The standard InChI is InChI=1S/C16H15ClO2/c1-11-2-4-12(5-3-11)15(10-16(18)19)13-6-8-14(17)9-7-13/h2-9,15H,10H2,1H3,(H,18,19). The maximum Gasteiger partial charge on any atom is 0.304 e. The second-order valence-electron chi connectivity index (χ2n) is 4.61. The molecule has 0 spiro atoms. The Morgan fingerprint density at radius 2 is 1.53 bits per heavy atom. The van der Waals surface area contributed by atoms with Gasteiger partial charge in [-0.15, -0.1) is 0 Å². The Morgan fingerprint density at radius 1 is 1.05 bits per heavy atom. The van der Waals surface area contributed by atoms with E-state index in [0.717, 1.165) is 16.7 Å². The molecule has 2 aromatic carbocycles. The summed E-state index contributed by atoms with van der Waals surface area (Å²) < 4.78 is 0. The molecule has 1 unspecified atom stereocenters. The number of hydrogen-bond acceptors (Lipinski definition) is 1. The number of rotatable bonds is 4. The topological polar surface area (TPSA) is 37.3 Å². The monoisotopic (exact) mass is 274 g/mol. The molecule has 0 amide bonds. The molecule has 0 saturated heterocycles. The van der Waals surface area contributed by atoms with Gasteiger partial charge < -0.3 is 5.11 Å². The highest BCUT2D eigenvalue weighted by molar-refractivity contribution is 6.30. The van der Waals surface area contributed by atoms with Crippen LogP contribution in [0.25, 0.3) is 0 Å². The van der Waals surface area contributed by atoms with Gasteiger partial charge in [-0.2, -0.15) is 0 Å². The molecule has 0 aromatic heterocycles. The van der Waals surface area contributed by atoms with Crippen LogP contribution in [0.4, 0.5) is 0 Å². The Morgan fingerprint density at radius 3 is 2.00 bits per heavy atom. The van der Waals surface area contributed by atoms with Gasteiger partial charge in [-0.1, -0.05) is 53.6 Å². The van der Waals surface area contributed by atoms with Crippen LogP contribution in [-0.4, -0.2) is 11.1 Å². The van der Waals surface area contributed by atoms with Gasteiger partial charge in [0, 0.05) is 10.9 Å². The minimum atomic E-state index is -0.805. The Balaban J connectivity index is 2.37. The number of aryl methyl sites for hydroxylation is 1. The largest absolute Gasteiger partial charge is 0.481 e. The van der Waals surface area contributed by atoms with E-state index in [1.807, 2.05) is 43.3 Å². The zero-order valence-electron chi connectivity index (χ0n) is 10.6. The second-order valence-corrected chi connectivity index (χ2v) is 5.05. The third kappa shape index (κ3) is 3.58. The maximum absolute atomic E-state index is 11.1. The minimum Gasteiger partial charge on any atom is -0.481 e. The highest BCUT2D eigenvalue weighted by Gasteiger charge is 2.17. The first kappa shape index (κ1) is 13.6. The molecule has 0 fully saturated rings. The number of carboxylic acid groups (broad SMARTS) is 1. The van der Waals surface area contributed by atoms with Crippen LogP contribution in [-0.2, 0) is 4.79 Å². The average Bonchev–Trinajstić information content (AvgIpc) is 2.38. The van der Waals surface area contributed by atoms with Crippen molar-refractivity contribution in [3.8, 4) is 0 Å². The van der Waals surface area contributed by atoms with Crippen LogP contribution in [0.2, 0.25) is 5.02 Å². The van der Waals surface area contributed by atoms with Crippen molar-refractivity contribution in [1.82, 2.24) is 0 Å². The van der Waals surface area contributed by atoms with Crippen molar-refractivity contribution in [3.05, 3.63) is 70.2 Å². The van der Waals surface area contributed by atoms with Gasteiger partial charge >= 0.3 is 5.97 Å². The molecule has 0 aliphatic heterocycles. The molecule has 3 heteroatoms. The second kappa shape index (κ2) is 5.89. The van der Waals surface area contributed by atoms with Crippen molar-refractivity contribution in [2.45, 2.75) is 19.3 Å². The summed E-state index contributed by atoms with van der Waals surface area (Å²) in [5.41, 5.74) is 3.14. The predicted molar refractivity (Wildman–Crippen MR) is 76.7 cm³/mol. The number of benzene rings is 2. The van der Waals surface area contributed by atoms with Crippen LogP contribution < -0.4 is 0 Å². The number of aliphatic carboxylic acids is 1. The zero-order chi connectivity index (χ0) is 13.8. The summed E-state index contributed by atoms with van der Waals surface area (Å²) in [7, 11) is 0. The molecule has 0 heterocycles. The average molecular weight is 275 g/mol. The normalized spacial score (nSPS) is 12.1. The molecule has 0 saturated carbocycles. The molecule has 98 valence electrons. The van der Waals surface area contributed by atoms with Crippen molar-refractivity contribution < 1.29 is 9.90 Å². The van der Waals surface area contributed by atoms with Crippen LogP contribution in [0.15, 0.2) is 48.5 Å². The van der Waals surface area contributed by atoms with Crippen molar-refractivity contribution in [2.75, 3.05) is 0 Å². The van der Waals surface area contributed by atoms with Crippen molar-refractivity contribution in [3.63, 3.8) is 0 Å². The lowest BCUT2D eigenvalue weighted by Gasteiger charge is -2.16. The molecule has 1 N–H and O–H groups in total. The van der Waals surface area contributed by atoms with E-state index >= 15 is 0 Å². The van der Waals surface area contributed by atoms with E-state index in [2.05, 4.69) is 0 Å². The van der Waals surface area contributed by atoms with E-state index in [-0.39, 0.29) is 12.3 Å². The van der Waals surface area contributed by atoms with Gasteiger partial charge in [0.05, 0.1) is 6.42 Å². The molecule has 2 rings (SSSR count). The van der Waals surface area contributed by atoms with Crippen LogP contribution in [0.3, 0.4) is 0 Å². The first-order valence-corrected chi connectivity index (χ1v) is 6.48. The molecule has 1 atom stereocenters. The zero-order valence-corrected chi connectivity index (χ0v) is 11.4. The van der Waals surface area contributed by atoms with Gasteiger partial charge in [0.25, 0.3) is 0 Å². The van der Waals surface area contributed by atoms with Crippen molar-refractivity contribution in [2.24, 2.45) is 0 Å². The highest BCUT2D eigenvalue weighted by atomic mass is 35.5. The summed E-state index contributed by atoms with van der Waals surface area (Å²) in [5.74, 6) is -0.948. The SMILES string of the molecule is Cc1ccc(C(CC(=O)O)c2ccc(Cl)cc2)cc1. The summed E-state index contributed by atoms with van der Waals surface area (Å²) in [6.07, 6.45) is 0.0741. The first-order chi connectivity index (χ1) is 9.06. The van der Waals surface area contributed by atoms with Gasteiger partial charge in [0.15, 0.2) is 0 Å². The van der Waals surface area contributed by atoms with Crippen LogP contribution in [0.5, 0.6) is 0 Å². The number of carbonyl (C=O) groups is 1. The smallest absolute Gasteiger partial charge is 0.304 e. The molecule has 2 nitrogen and oxygen atoms in total. The lowest BCUT2D eigenvalue weighted by atomic mass is 9.88. The van der Waals surface area contributed by atoms with Gasteiger partial charge in [-0.3, -0.25) is 4.79 Å². The van der Waals surface area contributed by atoms with Crippen LogP contribution in [0, 0.1) is 6.92 Å². The molecule has 0 aliphatic rings. The third-order valence-corrected chi connectivity index (χ3v) is 3.38. The molecule has 19 heavy (non-hydrogen) atoms. The third-order valence-electron chi connectivity index (χ3n) is 3.13. The van der Waals surface area contributed by atoms with E-state index in [4.69, 9.17) is 16.7 Å². The summed E-state index contributed by atoms with van der Waals surface area (Å²) in [6, 6.07) is 15.3. The molecular formula is C16H15ClO2. The summed E-state index contributed by atoms with van der Waals surface area (Å²) in [6.45, 7) is 2.01. The quantitative estimate of drug-likeness (QED) is 0.905. The Hall–Kier alpha value is -1.80. The molecule has 0 radical (unpaired) electrons. The van der Waals surface area contributed by atoms with Gasteiger partial charge in [-0.25, -0.2) is 0 Å². The Bertz CT molecular complexity index is 513. The summed E-state index contributed by atoms with van der Waals surface area (Å²) >= 11 is 5.87. The fourth-order valence-electron chi connectivity index (χ4n) is 2.10. The van der Waals surface area contributed by atoms with Gasteiger partial charge in [-0.05, 0) is 30.2 Å². The number of carboxylic acids is 1. The van der Waals surface area contributed by atoms with E-state index in [0.29, 0.717) is 5.02 Å². The predicted octanol–water partition coefficient (Wildman–Crippen LogP) is 4.26. The molecular weight excluding hydrogens is 260 g/mol. The minimum absolute atomic E-state index is 0.0741. The lowest BCUT2D eigenvalue weighted by molar-refractivity contribution is -0.137. The highest BCUT2D eigenvalue weighted by Crippen LogP contribution is 2.29. The van der Waals surface area contributed by atoms with Crippen molar-refractivity contribution >= 4 is 17.6 Å². The van der Waals surface area contributed by atoms with E-state index in [1.54, 1.807) is 12.1 Å². The van der Waals surface area contributed by atoms with Crippen molar-refractivity contribution in [1.29, 1.82) is 0 Å². The fraction of sp³-hybridized carbons (Fsp3) is 0.188.